The number of pyridine rings is 1. The normalized spacial score (nSPS) is 9.85. The summed E-state index contributed by atoms with van der Waals surface area (Å²) in [5, 5.41) is 12.0. The first-order chi connectivity index (χ1) is 9.72. The predicted octanol–water partition coefficient (Wildman–Crippen LogP) is 3.27. The van der Waals surface area contributed by atoms with E-state index < -0.39 is 0 Å². The first-order valence-corrected chi connectivity index (χ1v) is 6.55. The number of rotatable bonds is 5. The zero-order valence-electron chi connectivity index (χ0n) is 11.7. The molecule has 1 heterocycles. The molecule has 1 aromatic heterocycles. The summed E-state index contributed by atoms with van der Waals surface area (Å²) in [4.78, 5) is 4.29. The molecule has 0 spiro atoms. The molecule has 102 valence electrons. The van der Waals surface area contributed by atoms with Gasteiger partial charge in [0, 0.05) is 18.3 Å². The topological polar surface area (TPSA) is 57.9 Å². The summed E-state index contributed by atoms with van der Waals surface area (Å²) in [7, 11) is 0. The van der Waals surface area contributed by atoms with Gasteiger partial charge in [-0.15, -0.1) is 0 Å². The number of benzene rings is 1. The van der Waals surface area contributed by atoms with Gasteiger partial charge in [0.25, 0.3) is 0 Å². The second-order valence-electron chi connectivity index (χ2n) is 4.46. The molecule has 0 aliphatic rings. The highest BCUT2D eigenvalue weighted by atomic mass is 16.5. The van der Waals surface area contributed by atoms with E-state index in [2.05, 4.69) is 16.4 Å². The van der Waals surface area contributed by atoms with Gasteiger partial charge in [0.05, 0.1) is 11.6 Å². The van der Waals surface area contributed by atoms with E-state index in [0.29, 0.717) is 12.2 Å². The number of ether oxygens (including phenoxy) is 1. The molecular weight excluding hydrogens is 250 g/mol. The van der Waals surface area contributed by atoms with Gasteiger partial charge in [0.15, 0.2) is 0 Å². The summed E-state index contributed by atoms with van der Waals surface area (Å²) in [6.45, 7) is 5.28. The van der Waals surface area contributed by atoms with Crippen molar-refractivity contribution in [2.24, 2.45) is 0 Å². The van der Waals surface area contributed by atoms with Crippen molar-refractivity contribution in [2.45, 2.75) is 20.5 Å². The largest absolute Gasteiger partial charge is 0.489 e. The lowest BCUT2D eigenvalue weighted by Crippen LogP contribution is -2.01. The van der Waals surface area contributed by atoms with Crippen LogP contribution in [0.3, 0.4) is 0 Å². The highest BCUT2D eigenvalue weighted by Gasteiger charge is 2.03. The molecule has 2 aromatic rings. The molecule has 0 amide bonds. The summed E-state index contributed by atoms with van der Waals surface area (Å²) < 4.78 is 5.75. The van der Waals surface area contributed by atoms with Gasteiger partial charge in [-0.25, -0.2) is 4.98 Å². The van der Waals surface area contributed by atoms with Crippen LogP contribution in [0.2, 0.25) is 0 Å². The van der Waals surface area contributed by atoms with Crippen molar-refractivity contribution >= 4 is 5.82 Å². The van der Waals surface area contributed by atoms with Crippen LogP contribution in [0, 0.1) is 18.3 Å². The lowest BCUT2D eigenvalue weighted by atomic mass is 10.1. The van der Waals surface area contributed by atoms with E-state index in [4.69, 9.17) is 10.00 Å². The number of nitriles is 1. The Balaban J connectivity index is 2.03. The number of aryl methyl sites for hydroxylation is 1. The van der Waals surface area contributed by atoms with Crippen LogP contribution >= 0.6 is 0 Å². The summed E-state index contributed by atoms with van der Waals surface area (Å²) in [6.07, 6.45) is 1.79. The molecule has 0 fully saturated rings. The van der Waals surface area contributed by atoms with Crippen LogP contribution < -0.4 is 10.1 Å². The fraction of sp³-hybridized carbons (Fsp3) is 0.250. The van der Waals surface area contributed by atoms with E-state index in [1.807, 2.05) is 32.0 Å². The fourth-order valence-corrected chi connectivity index (χ4v) is 1.78. The minimum atomic E-state index is 0.440. The Morgan fingerprint density at radius 2 is 2.15 bits per heavy atom. The van der Waals surface area contributed by atoms with Gasteiger partial charge < -0.3 is 10.1 Å². The molecule has 0 saturated carbocycles. The Bertz CT molecular complexity index is 615. The van der Waals surface area contributed by atoms with E-state index in [1.54, 1.807) is 18.3 Å². The fourth-order valence-electron chi connectivity index (χ4n) is 1.78. The Morgan fingerprint density at radius 3 is 2.80 bits per heavy atom. The molecular formula is C16H17N3O. The van der Waals surface area contributed by atoms with Crippen molar-refractivity contribution in [3.8, 4) is 11.8 Å². The molecule has 0 saturated heterocycles. The monoisotopic (exact) mass is 267 g/mol. The third-order valence-corrected chi connectivity index (χ3v) is 2.89. The van der Waals surface area contributed by atoms with Crippen LogP contribution in [0.4, 0.5) is 5.82 Å². The second-order valence-corrected chi connectivity index (χ2v) is 4.46. The average Bonchev–Trinajstić information content (AvgIpc) is 2.48. The Labute approximate surface area is 119 Å². The first kappa shape index (κ1) is 13.9. The lowest BCUT2D eigenvalue weighted by Gasteiger charge is -2.10. The van der Waals surface area contributed by atoms with E-state index in [0.717, 1.165) is 29.2 Å². The summed E-state index contributed by atoms with van der Waals surface area (Å²) in [6, 6.07) is 11.5. The number of nitrogens with one attached hydrogen (secondary N) is 1. The molecule has 20 heavy (non-hydrogen) atoms. The molecule has 0 aliphatic carbocycles. The lowest BCUT2D eigenvalue weighted by molar-refractivity contribution is 0.303. The maximum atomic E-state index is 8.90. The van der Waals surface area contributed by atoms with Crippen LogP contribution in [0.5, 0.6) is 5.75 Å². The molecule has 1 aromatic carbocycles. The summed E-state index contributed by atoms with van der Waals surface area (Å²) in [5.74, 6) is 1.60. The third kappa shape index (κ3) is 3.48. The minimum absolute atomic E-state index is 0.440. The van der Waals surface area contributed by atoms with Gasteiger partial charge in [0.1, 0.15) is 18.2 Å². The SMILES string of the molecule is CCNc1ccc(COc2cc(C#N)ccc2C)cn1. The number of nitrogens with zero attached hydrogens (tertiary/aromatic N) is 2. The van der Waals surface area contributed by atoms with Crippen LogP contribution in [-0.4, -0.2) is 11.5 Å². The second kappa shape index (κ2) is 6.58. The van der Waals surface area contributed by atoms with Gasteiger partial charge in [-0.3, -0.25) is 0 Å². The van der Waals surface area contributed by atoms with Gasteiger partial charge in [0.2, 0.25) is 0 Å². The van der Waals surface area contributed by atoms with E-state index in [9.17, 15) is 0 Å². The van der Waals surface area contributed by atoms with Crippen molar-refractivity contribution in [3.63, 3.8) is 0 Å². The number of hydrogen-bond donors (Lipinski definition) is 1. The first-order valence-electron chi connectivity index (χ1n) is 6.55. The molecule has 4 nitrogen and oxygen atoms in total. The highest BCUT2D eigenvalue weighted by molar-refractivity contribution is 5.42. The molecule has 0 aliphatic heterocycles. The van der Waals surface area contributed by atoms with Crippen molar-refractivity contribution < 1.29 is 4.74 Å². The third-order valence-electron chi connectivity index (χ3n) is 2.89. The standard InChI is InChI=1S/C16H17N3O/c1-3-18-16-7-6-14(10-19-16)11-20-15-8-13(9-17)5-4-12(15)2/h4-8,10H,3,11H2,1-2H3,(H,18,19). The van der Waals surface area contributed by atoms with Crippen molar-refractivity contribution in [3.05, 3.63) is 53.2 Å². The number of aromatic nitrogens is 1. The zero-order valence-corrected chi connectivity index (χ0v) is 11.7. The van der Waals surface area contributed by atoms with Crippen molar-refractivity contribution in [1.82, 2.24) is 4.98 Å². The van der Waals surface area contributed by atoms with E-state index >= 15 is 0 Å². The van der Waals surface area contributed by atoms with Crippen LogP contribution in [-0.2, 0) is 6.61 Å². The van der Waals surface area contributed by atoms with Crippen LogP contribution in [0.15, 0.2) is 36.5 Å². The maximum absolute atomic E-state index is 8.90. The van der Waals surface area contributed by atoms with Crippen LogP contribution in [0.1, 0.15) is 23.6 Å². The summed E-state index contributed by atoms with van der Waals surface area (Å²) in [5.41, 5.74) is 2.61. The number of hydrogen-bond acceptors (Lipinski definition) is 4. The molecule has 1 N–H and O–H groups in total. The molecule has 0 atom stereocenters. The van der Waals surface area contributed by atoms with Crippen molar-refractivity contribution in [1.29, 1.82) is 5.26 Å². The van der Waals surface area contributed by atoms with Gasteiger partial charge in [-0.1, -0.05) is 12.1 Å². The minimum Gasteiger partial charge on any atom is -0.489 e. The highest BCUT2D eigenvalue weighted by Crippen LogP contribution is 2.20. The zero-order chi connectivity index (χ0) is 14.4. The quantitative estimate of drug-likeness (QED) is 0.903. The predicted molar refractivity (Wildman–Crippen MR) is 78.6 cm³/mol. The molecule has 0 radical (unpaired) electrons. The Hall–Kier alpha value is -2.54. The average molecular weight is 267 g/mol. The van der Waals surface area contributed by atoms with Gasteiger partial charge >= 0.3 is 0 Å². The Morgan fingerprint density at radius 1 is 1.30 bits per heavy atom. The summed E-state index contributed by atoms with van der Waals surface area (Å²) >= 11 is 0. The van der Waals surface area contributed by atoms with Gasteiger partial charge in [-0.2, -0.15) is 5.26 Å². The van der Waals surface area contributed by atoms with E-state index in [1.165, 1.54) is 0 Å². The van der Waals surface area contributed by atoms with Crippen molar-refractivity contribution in [2.75, 3.05) is 11.9 Å². The molecule has 2 rings (SSSR count). The number of anilines is 1. The Kier molecular flexibility index (Phi) is 4.56. The van der Waals surface area contributed by atoms with Crippen LogP contribution in [0.25, 0.3) is 0 Å². The molecule has 4 heteroatoms. The smallest absolute Gasteiger partial charge is 0.125 e. The maximum Gasteiger partial charge on any atom is 0.125 e. The van der Waals surface area contributed by atoms with Gasteiger partial charge in [-0.05, 0) is 37.6 Å². The molecule has 0 unspecified atom stereocenters. The molecule has 0 bridgehead atoms. The van der Waals surface area contributed by atoms with E-state index in [-0.39, 0.29) is 0 Å².